The number of carbonyl (C=O) groups excluding carboxylic acids is 1. The molecule has 0 fully saturated rings. The van der Waals surface area contributed by atoms with Crippen molar-refractivity contribution < 1.29 is 9.63 Å². The van der Waals surface area contributed by atoms with E-state index in [4.69, 9.17) is 5.73 Å². The zero-order chi connectivity index (χ0) is 6.57. The molecule has 4 nitrogen and oxygen atoms in total. The molecular weight excluding hydrogens is 108 g/mol. The molecule has 0 aliphatic heterocycles. The van der Waals surface area contributed by atoms with Gasteiger partial charge in [-0.3, -0.25) is 0 Å². The van der Waals surface area contributed by atoms with E-state index in [1.807, 2.05) is 0 Å². The van der Waals surface area contributed by atoms with Gasteiger partial charge in [0, 0.05) is 7.05 Å². The van der Waals surface area contributed by atoms with E-state index in [1.54, 1.807) is 0 Å². The highest BCUT2D eigenvalue weighted by Gasteiger charge is 1.99. The van der Waals surface area contributed by atoms with Crippen LogP contribution >= 0.6 is 0 Å². The Hall–Kier alpha value is -1.03. The minimum absolute atomic E-state index is 0.112. The van der Waals surface area contributed by atoms with Crippen molar-refractivity contribution in [1.29, 1.82) is 0 Å². The zero-order valence-electron chi connectivity index (χ0n) is 4.60. The number of nitrogens with one attached hydrogen (secondary N) is 1. The smallest absolute Gasteiger partial charge is 0.372 e. The first-order valence-electron chi connectivity index (χ1n) is 2.00. The van der Waals surface area contributed by atoms with Gasteiger partial charge < -0.3 is 10.6 Å². The molecular formula is C4H8N2O2. The quantitative estimate of drug-likeness (QED) is 0.364. The Kier molecular flexibility index (Phi) is 2.64. The summed E-state index contributed by atoms with van der Waals surface area (Å²) < 4.78 is 0. The fraction of sp³-hybridized carbons (Fsp3) is 0.250. The molecule has 0 aromatic carbocycles. The summed E-state index contributed by atoms with van der Waals surface area (Å²) in [7, 11) is 1.46. The van der Waals surface area contributed by atoms with Crippen molar-refractivity contribution in [2.75, 3.05) is 7.05 Å². The minimum atomic E-state index is -0.646. The van der Waals surface area contributed by atoms with E-state index in [0.717, 1.165) is 0 Å². The highest BCUT2D eigenvalue weighted by molar-refractivity contribution is 5.86. The third-order valence-electron chi connectivity index (χ3n) is 0.457. The van der Waals surface area contributed by atoms with E-state index in [9.17, 15) is 4.79 Å². The average molecular weight is 116 g/mol. The normalized spacial score (nSPS) is 8.12. The van der Waals surface area contributed by atoms with E-state index in [1.165, 1.54) is 7.05 Å². The standard InChI is InChI=1S/C4H8N2O2/c1-3(5)4(7)8-6-2/h6H,1,5H2,2H3. The van der Waals surface area contributed by atoms with Gasteiger partial charge in [-0.15, -0.1) is 0 Å². The molecule has 0 aromatic rings. The first-order chi connectivity index (χ1) is 3.68. The largest absolute Gasteiger partial charge is 0.393 e. The molecule has 0 amide bonds. The summed E-state index contributed by atoms with van der Waals surface area (Å²) in [4.78, 5) is 14.4. The van der Waals surface area contributed by atoms with Gasteiger partial charge in [-0.2, -0.15) is 5.48 Å². The Balaban J connectivity index is 3.49. The summed E-state index contributed by atoms with van der Waals surface area (Å²) in [6, 6.07) is 0. The molecule has 0 spiro atoms. The van der Waals surface area contributed by atoms with Crippen molar-refractivity contribution in [3.05, 3.63) is 12.3 Å². The van der Waals surface area contributed by atoms with Crippen LogP contribution in [0.1, 0.15) is 0 Å². The summed E-state index contributed by atoms with van der Waals surface area (Å²) in [5.74, 6) is -0.646. The Labute approximate surface area is 47.3 Å². The summed E-state index contributed by atoms with van der Waals surface area (Å²) in [5, 5.41) is 0. The van der Waals surface area contributed by atoms with Crippen molar-refractivity contribution in [3.8, 4) is 0 Å². The topological polar surface area (TPSA) is 64.4 Å². The van der Waals surface area contributed by atoms with Gasteiger partial charge in [-0.05, 0) is 0 Å². The fourth-order valence-electron chi connectivity index (χ4n) is 0.158. The Bertz CT molecular complexity index is 111. The molecule has 8 heavy (non-hydrogen) atoms. The summed E-state index contributed by atoms with van der Waals surface area (Å²) in [5.41, 5.74) is 6.96. The lowest BCUT2D eigenvalue weighted by molar-refractivity contribution is -0.145. The van der Waals surface area contributed by atoms with Gasteiger partial charge >= 0.3 is 5.97 Å². The maximum absolute atomic E-state index is 10.2. The molecule has 3 N–H and O–H groups in total. The second-order valence-electron chi connectivity index (χ2n) is 1.12. The van der Waals surface area contributed by atoms with Gasteiger partial charge in [0.2, 0.25) is 0 Å². The monoisotopic (exact) mass is 116 g/mol. The van der Waals surface area contributed by atoms with Gasteiger partial charge in [0.15, 0.2) is 0 Å². The minimum Gasteiger partial charge on any atom is -0.393 e. The lowest BCUT2D eigenvalue weighted by Crippen LogP contribution is -2.20. The van der Waals surface area contributed by atoms with E-state index in [-0.39, 0.29) is 5.70 Å². The molecule has 0 aliphatic rings. The Morgan fingerprint density at radius 2 is 2.38 bits per heavy atom. The van der Waals surface area contributed by atoms with Gasteiger partial charge in [-0.1, -0.05) is 6.58 Å². The molecule has 46 valence electrons. The fourth-order valence-corrected chi connectivity index (χ4v) is 0.158. The molecule has 0 saturated carbocycles. The van der Waals surface area contributed by atoms with Crippen LogP contribution in [-0.4, -0.2) is 13.0 Å². The maximum atomic E-state index is 10.2. The number of nitrogens with two attached hydrogens (primary N) is 1. The van der Waals surface area contributed by atoms with Gasteiger partial charge in [0.1, 0.15) is 5.70 Å². The number of hydrogen-bond donors (Lipinski definition) is 2. The molecule has 0 atom stereocenters. The highest BCUT2D eigenvalue weighted by Crippen LogP contribution is 1.78. The lowest BCUT2D eigenvalue weighted by atomic mass is 10.5. The summed E-state index contributed by atoms with van der Waals surface area (Å²) >= 11 is 0. The molecule has 0 aliphatic carbocycles. The van der Waals surface area contributed by atoms with Crippen LogP contribution in [0.15, 0.2) is 12.3 Å². The van der Waals surface area contributed by atoms with Crippen molar-refractivity contribution in [2.24, 2.45) is 5.73 Å². The van der Waals surface area contributed by atoms with Crippen LogP contribution < -0.4 is 11.2 Å². The van der Waals surface area contributed by atoms with Gasteiger partial charge in [-0.25, -0.2) is 4.79 Å². The van der Waals surface area contributed by atoms with Crippen LogP contribution in [0.5, 0.6) is 0 Å². The second-order valence-corrected chi connectivity index (χ2v) is 1.12. The second kappa shape index (κ2) is 3.04. The van der Waals surface area contributed by atoms with E-state index in [2.05, 4.69) is 16.9 Å². The van der Waals surface area contributed by atoms with Crippen molar-refractivity contribution >= 4 is 5.97 Å². The van der Waals surface area contributed by atoms with E-state index < -0.39 is 5.97 Å². The van der Waals surface area contributed by atoms with Crippen LogP contribution in [0, 0.1) is 0 Å². The highest BCUT2D eigenvalue weighted by atomic mass is 16.7. The first-order valence-corrected chi connectivity index (χ1v) is 2.00. The average Bonchev–Trinajstić information content (AvgIpc) is 1.67. The van der Waals surface area contributed by atoms with E-state index >= 15 is 0 Å². The van der Waals surface area contributed by atoms with Crippen molar-refractivity contribution in [3.63, 3.8) is 0 Å². The predicted molar refractivity (Wildman–Crippen MR) is 28.5 cm³/mol. The number of rotatable bonds is 2. The molecule has 0 radical (unpaired) electrons. The van der Waals surface area contributed by atoms with Crippen LogP contribution in [0.3, 0.4) is 0 Å². The maximum Gasteiger partial charge on any atom is 0.372 e. The Morgan fingerprint density at radius 1 is 1.88 bits per heavy atom. The molecule has 0 rings (SSSR count). The molecule has 0 unspecified atom stereocenters. The molecule has 0 heterocycles. The molecule has 0 saturated heterocycles. The summed E-state index contributed by atoms with van der Waals surface area (Å²) in [6.45, 7) is 3.14. The third kappa shape index (κ3) is 2.20. The number of hydroxylamine groups is 1. The summed E-state index contributed by atoms with van der Waals surface area (Å²) in [6.07, 6.45) is 0. The van der Waals surface area contributed by atoms with E-state index in [0.29, 0.717) is 0 Å². The van der Waals surface area contributed by atoms with Crippen molar-refractivity contribution in [1.82, 2.24) is 5.48 Å². The van der Waals surface area contributed by atoms with Crippen molar-refractivity contribution in [2.45, 2.75) is 0 Å². The predicted octanol–water partition coefficient (Wildman–Crippen LogP) is -0.864. The number of carbonyl (C=O) groups is 1. The zero-order valence-corrected chi connectivity index (χ0v) is 4.60. The third-order valence-corrected chi connectivity index (χ3v) is 0.457. The molecule has 4 heteroatoms. The van der Waals surface area contributed by atoms with Gasteiger partial charge in [0.25, 0.3) is 0 Å². The Morgan fingerprint density at radius 3 is 2.50 bits per heavy atom. The van der Waals surface area contributed by atoms with Crippen LogP contribution in [0.2, 0.25) is 0 Å². The first kappa shape index (κ1) is 6.97. The lowest BCUT2D eigenvalue weighted by Gasteiger charge is -1.96. The number of hydrogen-bond acceptors (Lipinski definition) is 4. The van der Waals surface area contributed by atoms with Crippen LogP contribution in [-0.2, 0) is 9.63 Å². The molecule has 0 aromatic heterocycles. The van der Waals surface area contributed by atoms with Crippen LogP contribution in [0.4, 0.5) is 0 Å². The van der Waals surface area contributed by atoms with Crippen LogP contribution in [0.25, 0.3) is 0 Å². The SMILES string of the molecule is C=C(N)C(=O)ONC. The van der Waals surface area contributed by atoms with Gasteiger partial charge in [0.05, 0.1) is 0 Å². The molecule has 0 bridgehead atoms.